The van der Waals surface area contributed by atoms with Gasteiger partial charge in [0.05, 0.1) is 23.3 Å². The fourth-order valence-electron chi connectivity index (χ4n) is 3.71. The molecular formula is C18H19N5O2. The molecule has 0 N–H and O–H groups in total. The Morgan fingerprint density at radius 2 is 2.12 bits per heavy atom. The first-order valence-electron chi connectivity index (χ1n) is 8.62. The molecule has 0 unspecified atom stereocenters. The molecule has 0 fully saturated rings. The molecule has 0 aromatic carbocycles. The highest BCUT2D eigenvalue weighted by molar-refractivity contribution is 6.07. The predicted octanol–water partition coefficient (Wildman–Crippen LogP) is 3.22. The maximum absolute atomic E-state index is 6.11. The van der Waals surface area contributed by atoms with Crippen LogP contribution in [0.3, 0.4) is 0 Å². The highest BCUT2D eigenvalue weighted by Crippen LogP contribution is 2.38. The zero-order valence-corrected chi connectivity index (χ0v) is 14.5. The Morgan fingerprint density at radius 1 is 1.24 bits per heavy atom. The van der Waals surface area contributed by atoms with Crippen LogP contribution in [0.15, 0.2) is 17.1 Å². The molecule has 0 radical (unpaired) electrons. The Hall–Kier alpha value is -2.54. The van der Waals surface area contributed by atoms with Gasteiger partial charge in [0, 0.05) is 12.0 Å². The molecule has 0 amide bonds. The van der Waals surface area contributed by atoms with Crippen LogP contribution in [-0.4, -0.2) is 30.2 Å². The van der Waals surface area contributed by atoms with Crippen molar-refractivity contribution in [2.45, 2.75) is 52.2 Å². The van der Waals surface area contributed by atoms with Gasteiger partial charge in [-0.25, -0.2) is 15.0 Å². The number of fused-ring (bicyclic) bond motifs is 7. The van der Waals surface area contributed by atoms with Crippen LogP contribution in [-0.2, 0) is 24.2 Å². The third-order valence-corrected chi connectivity index (χ3v) is 4.88. The van der Waals surface area contributed by atoms with Gasteiger partial charge < -0.3 is 9.15 Å². The van der Waals surface area contributed by atoms with Crippen molar-refractivity contribution in [1.29, 1.82) is 0 Å². The van der Waals surface area contributed by atoms with E-state index in [1.54, 1.807) is 10.8 Å². The summed E-state index contributed by atoms with van der Waals surface area (Å²) in [5.41, 5.74) is 6.05. The Kier molecular flexibility index (Phi) is 2.94. The summed E-state index contributed by atoms with van der Waals surface area (Å²) in [7, 11) is 0. The Balaban J connectivity index is 1.91. The number of furan rings is 1. The first kappa shape index (κ1) is 14.8. The largest absolute Gasteiger partial charge is 0.432 e. The summed E-state index contributed by atoms with van der Waals surface area (Å²) >= 11 is 0. The van der Waals surface area contributed by atoms with Crippen LogP contribution < -0.4 is 0 Å². The lowest BCUT2D eigenvalue weighted by Crippen LogP contribution is -2.32. The van der Waals surface area contributed by atoms with E-state index >= 15 is 0 Å². The van der Waals surface area contributed by atoms with Crippen molar-refractivity contribution < 1.29 is 9.15 Å². The van der Waals surface area contributed by atoms with Gasteiger partial charge in [0.15, 0.2) is 0 Å². The summed E-state index contributed by atoms with van der Waals surface area (Å²) in [6, 6.07) is 0. The molecule has 25 heavy (non-hydrogen) atoms. The fourth-order valence-corrected chi connectivity index (χ4v) is 3.71. The maximum Gasteiger partial charge on any atom is 0.229 e. The second kappa shape index (κ2) is 4.98. The number of aromatic nitrogens is 5. The molecule has 0 aliphatic carbocycles. The van der Waals surface area contributed by atoms with Gasteiger partial charge in [-0.2, -0.15) is 9.61 Å². The van der Waals surface area contributed by atoms with Gasteiger partial charge in [-0.3, -0.25) is 0 Å². The molecule has 5 rings (SSSR count). The molecule has 7 nitrogen and oxygen atoms in total. The van der Waals surface area contributed by atoms with E-state index in [1.807, 2.05) is 0 Å². The number of hydrogen-bond donors (Lipinski definition) is 0. The minimum absolute atomic E-state index is 0.215. The Morgan fingerprint density at radius 3 is 2.96 bits per heavy atom. The van der Waals surface area contributed by atoms with Gasteiger partial charge in [0.1, 0.15) is 18.2 Å². The molecule has 0 spiro atoms. The molecule has 4 aromatic heterocycles. The first-order chi connectivity index (χ1) is 12.1. The van der Waals surface area contributed by atoms with Gasteiger partial charge >= 0.3 is 0 Å². The normalized spacial score (nSPS) is 16.8. The van der Waals surface area contributed by atoms with Gasteiger partial charge in [-0.05, 0) is 25.8 Å². The lowest BCUT2D eigenvalue weighted by atomic mass is 9.88. The summed E-state index contributed by atoms with van der Waals surface area (Å²) < 4.78 is 13.8. The number of rotatable bonds is 2. The average molecular weight is 337 g/mol. The zero-order chi connectivity index (χ0) is 17.2. The van der Waals surface area contributed by atoms with Crippen LogP contribution in [0.25, 0.3) is 27.8 Å². The molecule has 7 heteroatoms. The molecule has 1 aliphatic rings. The molecule has 1 aliphatic heterocycles. The second-order valence-corrected chi connectivity index (χ2v) is 7.22. The van der Waals surface area contributed by atoms with Crippen molar-refractivity contribution >= 4 is 27.8 Å². The van der Waals surface area contributed by atoms with Gasteiger partial charge in [0.2, 0.25) is 16.9 Å². The van der Waals surface area contributed by atoms with Crippen LogP contribution in [0.2, 0.25) is 0 Å². The molecule has 4 aromatic rings. The molecule has 0 saturated heterocycles. The Labute approximate surface area is 144 Å². The number of hydrogen-bond acceptors (Lipinski definition) is 6. The number of ether oxygens (including phenoxy) is 1. The lowest BCUT2D eigenvalue weighted by molar-refractivity contribution is -0.0401. The van der Waals surface area contributed by atoms with Crippen molar-refractivity contribution in [1.82, 2.24) is 24.6 Å². The SMILES string of the molecule is CCCc1nc2oc3c(ncn4ncnc34)c2c2c1COC(C)(C)C2. The number of nitrogens with zero attached hydrogens (tertiary/aromatic N) is 5. The lowest BCUT2D eigenvalue weighted by Gasteiger charge is -2.33. The summed E-state index contributed by atoms with van der Waals surface area (Å²) in [6.45, 7) is 6.98. The summed E-state index contributed by atoms with van der Waals surface area (Å²) in [5.74, 6) is 0. The van der Waals surface area contributed by atoms with Crippen LogP contribution in [0.1, 0.15) is 44.0 Å². The molecule has 0 bridgehead atoms. The average Bonchev–Trinajstić information content (AvgIpc) is 3.17. The van der Waals surface area contributed by atoms with E-state index in [-0.39, 0.29) is 5.60 Å². The van der Waals surface area contributed by atoms with E-state index in [0.29, 0.717) is 23.6 Å². The quantitative estimate of drug-likeness (QED) is 0.559. The smallest absolute Gasteiger partial charge is 0.229 e. The van der Waals surface area contributed by atoms with Crippen molar-refractivity contribution in [2.75, 3.05) is 0 Å². The standard InChI is InChI=1S/C18H19N5O2/c1-4-5-12-11-7-24-18(2,3)6-10(11)13-14-15(25-17(13)22-12)16-19-8-21-23(16)9-20-14/h8-9H,4-7H2,1-3H3. The molecule has 0 saturated carbocycles. The summed E-state index contributed by atoms with van der Waals surface area (Å²) in [4.78, 5) is 13.7. The maximum atomic E-state index is 6.11. The van der Waals surface area contributed by atoms with Gasteiger partial charge in [-0.15, -0.1) is 0 Å². The van der Waals surface area contributed by atoms with E-state index < -0.39 is 0 Å². The first-order valence-corrected chi connectivity index (χ1v) is 8.62. The van der Waals surface area contributed by atoms with E-state index in [1.165, 1.54) is 17.5 Å². The molecule has 5 heterocycles. The number of aryl methyl sites for hydroxylation is 1. The molecular weight excluding hydrogens is 318 g/mol. The fraction of sp³-hybridized carbons (Fsp3) is 0.444. The van der Waals surface area contributed by atoms with Gasteiger partial charge in [-0.1, -0.05) is 13.3 Å². The summed E-state index contributed by atoms with van der Waals surface area (Å²) in [6.07, 6.45) is 5.93. The third kappa shape index (κ3) is 2.08. The van der Waals surface area contributed by atoms with Crippen molar-refractivity contribution in [3.63, 3.8) is 0 Å². The monoisotopic (exact) mass is 337 g/mol. The molecule has 0 atom stereocenters. The van der Waals surface area contributed by atoms with Crippen LogP contribution >= 0.6 is 0 Å². The van der Waals surface area contributed by atoms with Crippen LogP contribution in [0.4, 0.5) is 0 Å². The van der Waals surface area contributed by atoms with Crippen LogP contribution in [0, 0.1) is 0 Å². The van der Waals surface area contributed by atoms with Crippen molar-refractivity contribution in [3.8, 4) is 0 Å². The second-order valence-electron chi connectivity index (χ2n) is 7.22. The van der Waals surface area contributed by atoms with E-state index in [9.17, 15) is 0 Å². The zero-order valence-electron chi connectivity index (χ0n) is 14.5. The summed E-state index contributed by atoms with van der Waals surface area (Å²) in [5, 5.41) is 5.13. The van der Waals surface area contributed by atoms with Crippen LogP contribution in [0.5, 0.6) is 0 Å². The highest BCUT2D eigenvalue weighted by Gasteiger charge is 2.32. The van der Waals surface area contributed by atoms with Crippen molar-refractivity contribution in [3.05, 3.63) is 29.5 Å². The van der Waals surface area contributed by atoms with E-state index in [0.717, 1.165) is 35.9 Å². The highest BCUT2D eigenvalue weighted by atomic mass is 16.5. The van der Waals surface area contributed by atoms with Crippen molar-refractivity contribution in [2.24, 2.45) is 0 Å². The third-order valence-electron chi connectivity index (χ3n) is 4.88. The van der Waals surface area contributed by atoms with Gasteiger partial charge in [0.25, 0.3) is 0 Å². The van der Waals surface area contributed by atoms with E-state index in [4.69, 9.17) is 14.1 Å². The minimum Gasteiger partial charge on any atom is -0.432 e. The van der Waals surface area contributed by atoms with E-state index in [2.05, 4.69) is 35.8 Å². The molecule has 128 valence electrons. The number of pyridine rings is 1. The topological polar surface area (TPSA) is 78.3 Å². The Bertz CT molecular complexity index is 1130. The minimum atomic E-state index is -0.215. The predicted molar refractivity (Wildman–Crippen MR) is 92.4 cm³/mol.